The van der Waals surface area contributed by atoms with Crippen molar-refractivity contribution in [3.8, 4) is 0 Å². The second-order valence-electron chi connectivity index (χ2n) is 10.9. The van der Waals surface area contributed by atoms with E-state index in [0.29, 0.717) is 16.6 Å². The average molecular weight is 503 g/mol. The van der Waals surface area contributed by atoms with Gasteiger partial charge in [-0.2, -0.15) is 11.8 Å². The van der Waals surface area contributed by atoms with Crippen molar-refractivity contribution in [2.24, 2.45) is 5.92 Å². The summed E-state index contributed by atoms with van der Waals surface area (Å²) < 4.78 is 0. The van der Waals surface area contributed by atoms with Crippen molar-refractivity contribution in [2.75, 3.05) is 26.2 Å². The normalized spacial score (nSPS) is 25.1. The monoisotopic (exact) mass is 502 g/mol. The molecule has 2 aliphatic heterocycles. The molecule has 0 radical (unpaired) electrons. The number of halogens is 1. The van der Waals surface area contributed by atoms with Gasteiger partial charge in [0.2, 0.25) is 0 Å². The van der Waals surface area contributed by atoms with E-state index in [2.05, 4.69) is 37.4 Å². The molecule has 5 heteroatoms. The molecule has 188 valence electrons. The lowest BCUT2D eigenvalue weighted by molar-refractivity contribution is 0.0607. The lowest BCUT2D eigenvalue weighted by Crippen LogP contribution is -2.48. The van der Waals surface area contributed by atoms with Gasteiger partial charge < -0.3 is 4.90 Å². The third-order valence-corrected chi connectivity index (χ3v) is 10.3. The topological polar surface area (TPSA) is 23.6 Å². The Kier molecular flexibility index (Phi) is 9.09. The summed E-state index contributed by atoms with van der Waals surface area (Å²) in [5.74, 6) is 0.918. The number of thioether (sulfide) groups is 1. The summed E-state index contributed by atoms with van der Waals surface area (Å²) in [5.41, 5.74) is 5.10. The third-order valence-electron chi connectivity index (χ3n) is 8.40. The lowest BCUT2D eigenvalue weighted by Gasteiger charge is -2.41. The van der Waals surface area contributed by atoms with Crippen LogP contribution in [-0.4, -0.2) is 58.4 Å². The Bertz CT molecular complexity index is 872. The lowest BCUT2D eigenvalue weighted by atomic mass is 9.80. The predicted octanol–water partition coefficient (Wildman–Crippen LogP) is 7.37. The number of likely N-dealkylation sites (tertiary alicyclic amines) is 2. The molecule has 1 amide bonds. The number of hydrogen-bond acceptors (Lipinski definition) is 3. The number of benzene rings is 1. The molecule has 34 heavy (non-hydrogen) atoms. The number of hydrogen-bond donors (Lipinski definition) is 0. The maximum Gasteiger partial charge on any atom is 0.255 e. The van der Waals surface area contributed by atoms with E-state index >= 15 is 0 Å². The Labute approximate surface area is 216 Å². The fourth-order valence-corrected chi connectivity index (χ4v) is 7.80. The molecule has 1 aliphatic carbocycles. The SMILES string of the molecule is CC(=C1CCN(C2CCN(C(=O)c3cccc(C)c3Cl)CC2)CC1)C1CCC(SC(C)C)CC1. The van der Waals surface area contributed by atoms with E-state index in [9.17, 15) is 4.79 Å². The predicted molar refractivity (Wildman–Crippen MR) is 147 cm³/mol. The second-order valence-corrected chi connectivity index (χ2v) is 13.2. The van der Waals surface area contributed by atoms with Crippen molar-refractivity contribution in [1.29, 1.82) is 0 Å². The highest BCUT2D eigenvalue weighted by atomic mass is 35.5. The molecular formula is C29H43ClN2OS. The smallest absolute Gasteiger partial charge is 0.255 e. The van der Waals surface area contributed by atoms with E-state index in [1.54, 1.807) is 11.1 Å². The molecule has 4 rings (SSSR count). The molecular weight excluding hydrogens is 460 g/mol. The highest BCUT2D eigenvalue weighted by Gasteiger charge is 2.31. The minimum Gasteiger partial charge on any atom is -0.338 e. The van der Waals surface area contributed by atoms with Crippen molar-refractivity contribution >= 4 is 29.3 Å². The molecule has 1 aromatic carbocycles. The van der Waals surface area contributed by atoms with Crippen LogP contribution in [0.2, 0.25) is 5.02 Å². The van der Waals surface area contributed by atoms with Crippen LogP contribution in [0.3, 0.4) is 0 Å². The van der Waals surface area contributed by atoms with Crippen LogP contribution in [0.15, 0.2) is 29.3 Å². The van der Waals surface area contributed by atoms with Crippen LogP contribution in [0.4, 0.5) is 0 Å². The maximum atomic E-state index is 13.0. The summed E-state index contributed by atoms with van der Waals surface area (Å²) in [4.78, 5) is 17.7. The first-order chi connectivity index (χ1) is 16.3. The molecule has 0 bridgehead atoms. The van der Waals surface area contributed by atoms with Crippen LogP contribution in [-0.2, 0) is 0 Å². The van der Waals surface area contributed by atoms with Gasteiger partial charge in [-0.25, -0.2) is 0 Å². The summed E-state index contributed by atoms with van der Waals surface area (Å²) in [6.45, 7) is 13.1. The van der Waals surface area contributed by atoms with Crippen molar-refractivity contribution in [3.05, 3.63) is 45.5 Å². The number of piperidine rings is 2. The van der Waals surface area contributed by atoms with Crippen molar-refractivity contribution in [1.82, 2.24) is 9.80 Å². The molecule has 0 spiro atoms. The van der Waals surface area contributed by atoms with Gasteiger partial charge in [0, 0.05) is 37.5 Å². The number of nitrogens with zero attached hydrogens (tertiary/aromatic N) is 2. The Hall–Kier alpha value is -0.970. The van der Waals surface area contributed by atoms with Crippen molar-refractivity contribution in [2.45, 2.75) is 95.6 Å². The molecule has 0 N–H and O–H groups in total. The van der Waals surface area contributed by atoms with E-state index in [4.69, 9.17) is 11.6 Å². The molecule has 2 saturated heterocycles. The fourth-order valence-electron chi connectivity index (χ4n) is 6.28. The van der Waals surface area contributed by atoms with Gasteiger partial charge in [0.15, 0.2) is 0 Å². The number of amides is 1. The molecule has 2 heterocycles. The van der Waals surface area contributed by atoms with Gasteiger partial charge in [0.05, 0.1) is 10.6 Å². The van der Waals surface area contributed by atoms with E-state index in [-0.39, 0.29) is 5.91 Å². The van der Waals surface area contributed by atoms with E-state index < -0.39 is 0 Å². The number of carbonyl (C=O) groups is 1. The first-order valence-electron chi connectivity index (χ1n) is 13.5. The highest BCUT2D eigenvalue weighted by Crippen LogP contribution is 2.39. The zero-order valence-electron chi connectivity index (χ0n) is 21.6. The van der Waals surface area contributed by atoms with Gasteiger partial charge in [-0.1, -0.05) is 48.7 Å². The van der Waals surface area contributed by atoms with Gasteiger partial charge in [-0.3, -0.25) is 9.69 Å². The summed E-state index contributed by atoms with van der Waals surface area (Å²) in [6, 6.07) is 6.36. The molecule has 3 fully saturated rings. The van der Waals surface area contributed by atoms with Crippen LogP contribution in [0.25, 0.3) is 0 Å². The van der Waals surface area contributed by atoms with Crippen molar-refractivity contribution in [3.63, 3.8) is 0 Å². The van der Waals surface area contributed by atoms with E-state index in [1.807, 2.05) is 30.0 Å². The van der Waals surface area contributed by atoms with Gasteiger partial charge in [-0.15, -0.1) is 0 Å². The van der Waals surface area contributed by atoms with Gasteiger partial charge in [0.1, 0.15) is 0 Å². The summed E-state index contributed by atoms with van der Waals surface area (Å²) in [5, 5.41) is 2.25. The summed E-state index contributed by atoms with van der Waals surface area (Å²) in [6.07, 6.45) is 10.2. The molecule has 0 atom stereocenters. The first-order valence-corrected chi connectivity index (χ1v) is 14.8. The minimum absolute atomic E-state index is 0.0909. The minimum atomic E-state index is 0.0909. The van der Waals surface area contributed by atoms with Crippen LogP contribution >= 0.6 is 23.4 Å². The number of carbonyl (C=O) groups excluding carboxylic acids is 1. The summed E-state index contributed by atoms with van der Waals surface area (Å²) in [7, 11) is 0. The third kappa shape index (κ3) is 6.23. The highest BCUT2D eigenvalue weighted by molar-refractivity contribution is 8.00. The molecule has 1 aromatic rings. The zero-order valence-corrected chi connectivity index (χ0v) is 23.2. The fraction of sp³-hybridized carbons (Fsp3) is 0.690. The van der Waals surface area contributed by atoms with E-state index in [0.717, 1.165) is 47.9 Å². The molecule has 3 aliphatic rings. The van der Waals surface area contributed by atoms with Gasteiger partial charge in [-0.05, 0) is 88.0 Å². The Balaban J connectivity index is 1.24. The Morgan fingerprint density at radius 3 is 2.26 bits per heavy atom. The van der Waals surface area contributed by atoms with Crippen LogP contribution < -0.4 is 0 Å². The van der Waals surface area contributed by atoms with Gasteiger partial charge in [0.25, 0.3) is 5.91 Å². The standard InChI is InChI=1S/C29H43ClN2OS/c1-20(2)34-26-10-8-23(9-11-26)22(4)24-12-16-31(17-13-24)25-14-18-32(19-15-25)29(33)27-7-5-6-21(3)28(27)30/h5-7,20,23,25-26H,8-19H2,1-4H3. The molecule has 0 aromatic heterocycles. The van der Waals surface area contributed by atoms with Gasteiger partial charge >= 0.3 is 0 Å². The number of rotatable bonds is 5. The molecule has 1 saturated carbocycles. The molecule has 0 unspecified atom stereocenters. The average Bonchev–Trinajstić information content (AvgIpc) is 2.85. The Morgan fingerprint density at radius 1 is 1.00 bits per heavy atom. The maximum absolute atomic E-state index is 13.0. The number of allylic oxidation sites excluding steroid dienone is 1. The number of aryl methyl sites for hydroxylation is 1. The Morgan fingerprint density at radius 2 is 1.65 bits per heavy atom. The second kappa shape index (κ2) is 11.8. The largest absolute Gasteiger partial charge is 0.338 e. The van der Waals surface area contributed by atoms with Crippen LogP contribution in [0.5, 0.6) is 0 Å². The quantitative estimate of drug-likeness (QED) is 0.393. The van der Waals surface area contributed by atoms with Crippen molar-refractivity contribution < 1.29 is 4.79 Å². The molecule has 3 nitrogen and oxygen atoms in total. The zero-order chi connectivity index (χ0) is 24.2. The van der Waals surface area contributed by atoms with Crippen LogP contribution in [0, 0.1) is 12.8 Å². The summed E-state index contributed by atoms with van der Waals surface area (Å²) >= 11 is 8.61. The van der Waals surface area contributed by atoms with E-state index in [1.165, 1.54) is 51.6 Å². The first kappa shape index (κ1) is 26.1. The van der Waals surface area contributed by atoms with Crippen LogP contribution in [0.1, 0.15) is 88.1 Å².